The van der Waals surface area contributed by atoms with Gasteiger partial charge in [-0.3, -0.25) is 9.59 Å². The van der Waals surface area contributed by atoms with Crippen molar-refractivity contribution in [3.63, 3.8) is 0 Å². The number of carbonyl (C=O) groups is 2. The minimum absolute atomic E-state index is 0.00748. The summed E-state index contributed by atoms with van der Waals surface area (Å²) < 4.78 is 2.11. The molecule has 0 bridgehead atoms. The van der Waals surface area contributed by atoms with E-state index in [1.165, 1.54) is 12.8 Å². The minimum atomic E-state index is -0.00748. The van der Waals surface area contributed by atoms with Crippen LogP contribution in [0.2, 0.25) is 5.02 Å². The molecule has 3 aromatic rings. The molecule has 0 saturated carbocycles. The highest BCUT2D eigenvalue weighted by molar-refractivity contribution is 6.31. The number of fused-ring (bicyclic) bond motifs is 1. The third-order valence-corrected chi connectivity index (χ3v) is 7.06. The van der Waals surface area contributed by atoms with E-state index in [9.17, 15) is 9.59 Å². The number of likely N-dealkylation sites (tertiary alicyclic amines) is 1. The van der Waals surface area contributed by atoms with Crippen LogP contribution in [0.25, 0.3) is 11.0 Å². The third-order valence-electron chi connectivity index (χ3n) is 6.69. The Morgan fingerprint density at radius 2 is 1.66 bits per heavy atom. The van der Waals surface area contributed by atoms with E-state index in [0.717, 1.165) is 74.0 Å². The topological polar surface area (TPSA) is 67.2 Å². The van der Waals surface area contributed by atoms with Crippen LogP contribution in [0.15, 0.2) is 48.5 Å². The van der Waals surface area contributed by atoms with Gasteiger partial charge in [-0.25, -0.2) is 4.98 Å². The van der Waals surface area contributed by atoms with Gasteiger partial charge in [0.2, 0.25) is 11.8 Å². The van der Waals surface area contributed by atoms with E-state index in [2.05, 4.69) is 16.0 Å². The van der Waals surface area contributed by atoms with Gasteiger partial charge in [0.15, 0.2) is 0 Å². The Bertz CT molecular complexity index is 1130. The zero-order chi connectivity index (χ0) is 24.5. The molecule has 4 rings (SSSR count). The lowest BCUT2D eigenvalue weighted by Crippen LogP contribution is -2.34. The summed E-state index contributed by atoms with van der Waals surface area (Å²) in [5.41, 5.74) is 2.82. The summed E-state index contributed by atoms with van der Waals surface area (Å²) in [5, 5.41) is 3.61. The number of carbonyl (C=O) groups excluding carboxylic acids is 2. The molecule has 1 fully saturated rings. The highest BCUT2D eigenvalue weighted by atomic mass is 35.5. The van der Waals surface area contributed by atoms with Crippen LogP contribution >= 0.6 is 11.6 Å². The van der Waals surface area contributed by atoms with Crippen molar-refractivity contribution in [1.82, 2.24) is 19.8 Å². The Kier molecular flexibility index (Phi) is 9.18. The number of amides is 2. The molecule has 2 amide bonds. The second-order valence-corrected chi connectivity index (χ2v) is 9.73. The number of halogens is 1. The van der Waals surface area contributed by atoms with Crippen molar-refractivity contribution in [2.24, 2.45) is 0 Å². The molecule has 1 aromatic heterocycles. The molecule has 35 heavy (non-hydrogen) atoms. The van der Waals surface area contributed by atoms with Crippen molar-refractivity contribution in [1.29, 1.82) is 0 Å². The second-order valence-electron chi connectivity index (χ2n) is 9.33. The zero-order valence-electron chi connectivity index (χ0n) is 20.3. The number of imidazole rings is 1. The van der Waals surface area contributed by atoms with Crippen molar-refractivity contribution in [2.75, 3.05) is 19.6 Å². The lowest BCUT2D eigenvalue weighted by atomic mass is 10.1. The van der Waals surface area contributed by atoms with Crippen LogP contribution in [0, 0.1) is 0 Å². The number of benzene rings is 2. The summed E-state index contributed by atoms with van der Waals surface area (Å²) in [6.45, 7) is 2.73. The highest BCUT2D eigenvalue weighted by Gasteiger charge is 2.19. The molecular formula is C28H35ClN4O2. The monoisotopic (exact) mass is 494 g/mol. The van der Waals surface area contributed by atoms with Crippen molar-refractivity contribution < 1.29 is 9.59 Å². The fourth-order valence-electron chi connectivity index (χ4n) is 4.74. The summed E-state index contributed by atoms with van der Waals surface area (Å²) >= 11 is 6.14. The summed E-state index contributed by atoms with van der Waals surface area (Å²) in [6, 6.07) is 15.5. The molecule has 186 valence electrons. The normalized spacial score (nSPS) is 14.1. The number of hydrogen-bond acceptors (Lipinski definition) is 3. The lowest BCUT2D eigenvalue weighted by Gasteiger charge is -2.21. The fourth-order valence-corrected chi connectivity index (χ4v) is 4.94. The number of unbranched alkanes of at least 4 members (excludes halogenated alkanes) is 2. The van der Waals surface area contributed by atoms with Gasteiger partial charge in [0.1, 0.15) is 12.4 Å². The molecule has 0 aliphatic carbocycles. The smallest absolute Gasteiger partial charge is 0.242 e. The maximum atomic E-state index is 13.1. The van der Waals surface area contributed by atoms with Crippen LogP contribution in [0.3, 0.4) is 0 Å². The van der Waals surface area contributed by atoms with Gasteiger partial charge in [0.25, 0.3) is 0 Å². The number of nitrogens with zero attached hydrogens (tertiary/aromatic N) is 3. The molecule has 1 saturated heterocycles. The zero-order valence-corrected chi connectivity index (χ0v) is 21.1. The average Bonchev–Trinajstić information content (AvgIpc) is 3.01. The van der Waals surface area contributed by atoms with Gasteiger partial charge in [-0.1, -0.05) is 61.2 Å². The Labute approximate surface area is 212 Å². The third kappa shape index (κ3) is 7.07. The van der Waals surface area contributed by atoms with E-state index in [-0.39, 0.29) is 11.8 Å². The minimum Gasteiger partial charge on any atom is -0.356 e. The first-order valence-electron chi connectivity index (χ1n) is 12.8. The summed E-state index contributed by atoms with van der Waals surface area (Å²) in [6.07, 6.45) is 8.58. The van der Waals surface area contributed by atoms with Crippen molar-refractivity contribution in [3.05, 3.63) is 64.9 Å². The van der Waals surface area contributed by atoms with E-state index >= 15 is 0 Å². The standard InChI is InChI=1S/C28H35ClN4O2/c29-23-13-6-5-12-22(23)20-27(34)30-17-9-3-4-16-26-31-24-14-7-8-15-25(24)33(26)21-28(35)32-18-10-1-2-11-19-32/h5-8,12-15H,1-4,9-11,16-21H2,(H,30,34). The first kappa shape index (κ1) is 25.2. The summed E-state index contributed by atoms with van der Waals surface area (Å²) in [7, 11) is 0. The highest BCUT2D eigenvalue weighted by Crippen LogP contribution is 2.19. The first-order chi connectivity index (χ1) is 17.1. The van der Waals surface area contributed by atoms with Crippen LogP contribution in [0.1, 0.15) is 56.3 Å². The van der Waals surface area contributed by atoms with E-state index in [1.54, 1.807) is 6.07 Å². The van der Waals surface area contributed by atoms with E-state index in [4.69, 9.17) is 16.6 Å². The number of rotatable bonds is 10. The molecule has 2 heterocycles. The Morgan fingerprint density at radius 3 is 2.46 bits per heavy atom. The molecule has 2 aromatic carbocycles. The average molecular weight is 495 g/mol. The largest absolute Gasteiger partial charge is 0.356 e. The number of hydrogen-bond donors (Lipinski definition) is 1. The quantitative estimate of drug-likeness (QED) is 0.396. The molecule has 0 unspecified atom stereocenters. The van der Waals surface area contributed by atoms with Crippen LogP contribution in [-0.4, -0.2) is 45.9 Å². The van der Waals surface area contributed by atoms with Gasteiger partial charge in [-0.05, 0) is 49.4 Å². The van der Waals surface area contributed by atoms with Crippen molar-refractivity contribution >= 4 is 34.4 Å². The first-order valence-corrected chi connectivity index (χ1v) is 13.2. The lowest BCUT2D eigenvalue weighted by molar-refractivity contribution is -0.131. The van der Waals surface area contributed by atoms with Gasteiger partial charge >= 0.3 is 0 Å². The molecule has 7 heteroatoms. The maximum absolute atomic E-state index is 13.1. The van der Waals surface area contributed by atoms with Gasteiger partial charge < -0.3 is 14.8 Å². The molecule has 1 N–H and O–H groups in total. The van der Waals surface area contributed by atoms with E-state index in [1.807, 2.05) is 41.3 Å². The van der Waals surface area contributed by atoms with Gasteiger partial charge in [0, 0.05) is 31.1 Å². The van der Waals surface area contributed by atoms with Crippen molar-refractivity contribution in [3.8, 4) is 0 Å². The van der Waals surface area contributed by atoms with Crippen molar-refractivity contribution in [2.45, 2.75) is 64.3 Å². The van der Waals surface area contributed by atoms with Gasteiger partial charge in [-0.2, -0.15) is 0 Å². The molecule has 0 atom stereocenters. The maximum Gasteiger partial charge on any atom is 0.242 e. The Balaban J connectivity index is 1.27. The van der Waals surface area contributed by atoms with E-state index < -0.39 is 0 Å². The fraction of sp³-hybridized carbons (Fsp3) is 0.464. The second kappa shape index (κ2) is 12.7. The molecule has 0 spiro atoms. The molecule has 0 radical (unpaired) electrons. The summed E-state index contributed by atoms with van der Waals surface area (Å²) in [4.78, 5) is 32.1. The van der Waals surface area contributed by atoms with Crippen LogP contribution in [0.4, 0.5) is 0 Å². The number of para-hydroxylation sites is 2. The van der Waals surface area contributed by atoms with Crippen LogP contribution in [-0.2, 0) is 29.0 Å². The predicted octanol–water partition coefficient (Wildman–Crippen LogP) is 5.16. The molecule has 6 nitrogen and oxygen atoms in total. The number of aryl methyl sites for hydroxylation is 1. The molecular weight excluding hydrogens is 460 g/mol. The number of aromatic nitrogens is 2. The Morgan fingerprint density at radius 1 is 0.914 bits per heavy atom. The molecule has 1 aliphatic rings. The Hall–Kier alpha value is -2.86. The number of nitrogens with one attached hydrogen (secondary N) is 1. The van der Waals surface area contributed by atoms with Gasteiger partial charge in [-0.15, -0.1) is 0 Å². The van der Waals surface area contributed by atoms with Crippen LogP contribution < -0.4 is 5.32 Å². The van der Waals surface area contributed by atoms with Crippen LogP contribution in [0.5, 0.6) is 0 Å². The van der Waals surface area contributed by atoms with Gasteiger partial charge in [0.05, 0.1) is 17.5 Å². The SMILES string of the molecule is O=C(Cc1ccccc1Cl)NCCCCCc1nc2ccccc2n1CC(=O)N1CCCCCC1. The predicted molar refractivity (Wildman–Crippen MR) is 141 cm³/mol. The van der Waals surface area contributed by atoms with E-state index in [0.29, 0.717) is 24.5 Å². The molecule has 1 aliphatic heterocycles. The summed E-state index contributed by atoms with van der Waals surface area (Å²) in [5.74, 6) is 1.15.